The van der Waals surface area contributed by atoms with E-state index in [-0.39, 0.29) is 11.9 Å². The Balaban J connectivity index is 4.07. The Morgan fingerprint density at radius 3 is 1.47 bits per heavy atom. The summed E-state index contributed by atoms with van der Waals surface area (Å²) in [6, 6.07) is 0. The van der Waals surface area contributed by atoms with Crippen molar-refractivity contribution >= 4 is 5.97 Å². The summed E-state index contributed by atoms with van der Waals surface area (Å²) in [7, 11) is 0. The predicted molar refractivity (Wildman–Crippen MR) is 142 cm³/mol. The lowest BCUT2D eigenvalue weighted by Crippen LogP contribution is -2.19. The zero-order valence-electron chi connectivity index (χ0n) is 23.0. The molecule has 0 aliphatic heterocycles. The predicted octanol–water partition coefficient (Wildman–Crippen LogP) is 10.4. The van der Waals surface area contributed by atoms with Crippen molar-refractivity contribution in [3.8, 4) is 0 Å². The van der Waals surface area contributed by atoms with Crippen LogP contribution in [0.15, 0.2) is 0 Å². The van der Waals surface area contributed by atoms with Crippen LogP contribution in [0.25, 0.3) is 0 Å². The highest BCUT2D eigenvalue weighted by molar-refractivity contribution is 5.72. The van der Waals surface area contributed by atoms with Gasteiger partial charge in [0.2, 0.25) is 0 Å². The minimum atomic E-state index is 0.0882. The topological polar surface area (TPSA) is 26.3 Å². The van der Waals surface area contributed by atoms with Crippen LogP contribution in [-0.2, 0) is 9.53 Å². The third-order valence-corrected chi connectivity index (χ3v) is 6.71. The van der Waals surface area contributed by atoms with E-state index in [9.17, 15) is 4.79 Å². The molecule has 32 heavy (non-hydrogen) atoms. The lowest BCUT2D eigenvalue weighted by atomic mass is 9.87. The molecule has 1 unspecified atom stereocenters. The van der Waals surface area contributed by atoms with Gasteiger partial charge in [-0.2, -0.15) is 0 Å². The molecule has 0 aliphatic carbocycles. The summed E-state index contributed by atoms with van der Waals surface area (Å²) in [4.78, 5) is 12.7. The van der Waals surface area contributed by atoms with Crippen LogP contribution in [0, 0.1) is 11.3 Å². The fourth-order valence-electron chi connectivity index (χ4n) is 4.48. The highest BCUT2D eigenvalue weighted by Crippen LogP contribution is 2.25. The van der Waals surface area contributed by atoms with Crippen LogP contribution >= 0.6 is 0 Å². The van der Waals surface area contributed by atoms with Crippen molar-refractivity contribution in [1.29, 1.82) is 0 Å². The maximum Gasteiger partial charge on any atom is 0.308 e. The number of ether oxygens (including phenoxy) is 1. The molecule has 0 aromatic carbocycles. The molecule has 0 aliphatic rings. The van der Waals surface area contributed by atoms with E-state index in [1.807, 2.05) is 0 Å². The van der Waals surface area contributed by atoms with Crippen molar-refractivity contribution in [2.75, 3.05) is 6.61 Å². The first-order chi connectivity index (χ1) is 15.4. The molecular formula is C30H60O2. The number of esters is 1. The molecular weight excluding hydrogens is 392 g/mol. The van der Waals surface area contributed by atoms with Crippen LogP contribution in [0.4, 0.5) is 0 Å². The third kappa shape index (κ3) is 22.7. The molecule has 0 aromatic heterocycles. The normalized spacial score (nSPS) is 12.8. The van der Waals surface area contributed by atoms with Gasteiger partial charge in [-0.3, -0.25) is 4.79 Å². The molecule has 0 N–H and O–H groups in total. The minimum Gasteiger partial charge on any atom is -0.465 e. The summed E-state index contributed by atoms with van der Waals surface area (Å²) in [5.41, 5.74) is 0.393. The SMILES string of the molecule is CCCCCCCCCCCCC(CCCCC(C)(C)C)C(=O)OCCCCCCCC. The standard InChI is InChI=1S/C30H60O2/c1-6-8-10-12-14-15-16-17-18-20-24-28(25-21-22-26-30(3,4)5)29(31)32-27-23-19-13-11-9-7-2/h28H,6-27H2,1-5H3. The van der Waals surface area contributed by atoms with E-state index in [1.54, 1.807) is 0 Å². The number of carbonyl (C=O) groups excluding carboxylic acids is 1. The first-order valence-corrected chi connectivity index (χ1v) is 14.6. The van der Waals surface area contributed by atoms with Crippen LogP contribution in [-0.4, -0.2) is 12.6 Å². The Morgan fingerprint density at radius 2 is 1.00 bits per heavy atom. The van der Waals surface area contributed by atoms with Gasteiger partial charge in [-0.1, -0.05) is 144 Å². The highest BCUT2D eigenvalue weighted by Gasteiger charge is 2.20. The van der Waals surface area contributed by atoms with Crippen LogP contribution < -0.4 is 0 Å². The van der Waals surface area contributed by atoms with Crippen LogP contribution in [0.1, 0.15) is 169 Å². The fraction of sp³-hybridized carbons (Fsp3) is 0.967. The van der Waals surface area contributed by atoms with Gasteiger partial charge in [0, 0.05) is 0 Å². The van der Waals surface area contributed by atoms with Crippen molar-refractivity contribution in [2.45, 2.75) is 169 Å². The average Bonchev–Trinajstić information content (AvgIpc) is 2.75. The Hall–Kier alpha value is -0.530. The Morgan fingerprint density at radius 1 is 0.594 bits per heavy atom. The lowest BCUT2D eigenvalue weighted by Gasteiger charge is -2.19. The van der Waals surface area contributed by atoms with Gasteiger partial charge in [-0.25, -0.2) is 0 Å². The third-order valence-electron chi connectivity index (χ3n) is 6.71. The maximum absolute atomic E-state index is 12.7. The van der Waals surface area contributed by atoms with Crippen LogP contribution in [0.5, 0.6) is 0 Å². The van der Waals surface area contributed by atoms with Gasteiger partial charge < -0.3 is 4.74 Å². The summed E-state index contributed by atoms with van der Waals surface area (Å²) in [6.07, 6.45) is 26.6. The quantitative estimate of drug-likeness (QED) is 0.114. The fourth-order valence-corrected chi connectivity index (χ4v) is 4.48. The van der Waals surface area contributed by atoms with Crippen molar-refractivity contribution in [3.05, 3.63) is 0 Å². The smallest absolute Gasteiger partial charge is 0.308 e. The maximum atomic E-state index is 12.7. The number of unbranched alkanes of at least 4 members (excludes halogenated alkanes) is 15. The minimum absolute atomic E-state index is 0.0882. The van der Waals surface area contributed by atoms with Gasteiger partial charge >= 0.3 is 5.97 Å². The molecule has 0 aromatic rings. The van der Waals surface area contributed by atoms with Crippen LogP contribution in [0.3, 0.4) is 0 Å². The second-order valence-corrected chi connectivity index (χ2v) is 11.4. The molecule has 0 fully saturated rings. The molecule has 0 saturated carbocycles. The summed E-state index contributed by atoms with van der Waals surface area (Å²) in [5, 5.41) is 0. The van der Waals surface area contributed by atoms with Gasteiger partial charge in [0.25, 0.3) is 0 Å². The monoisotopic (exact) mass is 452 g/mol. The number of hydrogen-bond acceptors (Lipinski definition) is 2. The molecule has 1 atom stereocenters. The van der Waals surface area contributed by atoms with E-state index in [2.05, 4.69) is 34.6 Å². The van der Waals surface area contributed by atoms with Gasteiger partial charge in [0.05, 0.1) is 12.5 Å². The Labute approximate surface area is 203 Å². The highest BCUT2D eigenvalue weighted by atomic mass is 16.5. The molecule has 0 saturated heterocycles. The van der Waals surface area contributed by atoms with Crippen molar-refractivity contribution in [2.24, 2.45) is 11.3 Å². The van der Waals surface area contributed by atoms with E-state index in [4.69, 9.17) is 4.74 Å². The number of rotatable bonds is 23. The molecule has 2 heteroatoms. The van der Waals surface area contributed by atoms with Gasteiger partial charge in [-0.05, 0) is 31.1 Å². The zero-order valence-corrected chi connectivity index (χ0v) is 23.0. The summed E-state index contributed by atoms with van der Waals surface area (Å²) >= 11 is 0. The second-order valence-electron chi connectivity index (χ2n) is 11.4. The summed E-state index contributed by atoms with van der Waals surface area (Å²) in [6.45, 7) is 12.1. The van der Waals surface area contributed by atoms with Gasteiger partial charge in [0.15, 0.2) is 0 Å². The van der Waals surface area contributed by atoms with E-state index >= 15 is 0 Å². The zero-order chi connectivity index (χ0) is 23.9. The molecule has 192 valence electrons. The average molecular weight is 453 g/mol. The van der Waals surface area contributed by atoms with E-state index in [0.717, 1.165) is 25.7 Å². The molecule has 0 radical (unpaired) electrons. The molecule has 2 nitrogen and oxygen atoms in total. The number of hydrogen-bond donors (Lipinski definition) is 0. The largest absolute Gasteiger partial charge is 0.465 e. The van der Waals surface area contributed by atoms with E-state index in [0.29, 0.717) is 12.0 Å². The van der Waals surface area contributed by atoms with Gasteiger partial charge in [-0.15, -0.1) is 0 Å². The summed E-state index contributed by atoms with van der Waals surface area (Å²) in [5.74, 6) is 0.217. The van der Waals surface area contributed by atoms with Gasteiger partial charge in [0.1, 0.15) is 0 Å². The first-order valence-electron chi connectivity index (χ1n) is 14.6. The van der Waals surface area contributed by atoms with E-state index < -0.39 is 0 Å². The first kappa shape index (κ1) is 31.5. The van der Waals surface area contributed by atoms with Crippen LogP contribution in [0.2, 0.25) is 0 Å². The van der Waals surface area contributed by atoms with Crippen molar-refractivity contribution in [3.63, 3.8) is 0 Å². The molecule has 0 rings (SSSR count). The van der Waals surface area contributed by atoms with Crippen molar-refractivity contribution in [1.82, 2.24) is 0 Å². The Kier molecular flexibility index (Phi) is 21.9. The van der Waals surface area contributed by atoms with E-state index in [1.165, 1.54) is 109 Å². The lowest BCUT2D eigenvalue weighted by molar-refractivity contribution is -0.149. The summed E-state index contributed by atoms with van der Waals surface area (Å²) < 4.78 is 5.71. The molecule has 0 amide bonds. The molecule has 0 spiro atoms. The molecule has 0 heterocycles. The second kappa shape index (κ2) is 22.3. The van der Waals surface area contributed by atoms with Crippen molar-refractivity contribution < 1.29 is 9.53 Å². The Bertz CT molecular complexity index is 396. The number of carbonyl (C=O) groups is 1. The molecule has 0 bridgehead atoms.